The van der Waals surface area contributed by atoms with E-state index in [1.165, 1.54) is 16.9 Å². The molecule has 0 amide bonds. The highest BCUT2D eigenvalue weighted by Crippen LogP contribution is 2.20. The van der Waals surface area contributed by atoms with Crippen LogP contribution in [0.3, 0.4) is 0 Å². The third kappa shape index (κ3) is 1.91. The Morgan fingerprint density at radius 2 is 1.81 bits per heavy atom. The summed E-state index contributed by atoms with van der Waals surface area (Å²) in [4.78, 5) is 16.8. The lowest BCUT2D eigenvalue weighted by molar-refractivity contribution is 0.104. The first kappa shape index (κ1) is 11.0. The normalized spacial score (nSPS) is 10.4. The quantitative estimate of drug-likeness (QED) is 0.742. The molecule has 0 N–H and O–H groups in total. The number of carbonyl (C=O) groups is 1. The molecule has 3 heteroatoms. The van der Waals surface area contributed by atoms with Crippen LogP contribution in [0.1, 0.15) is 31.9 Å². The van der Waals surface area contributed by atoms with E-state index in [0.717, 1.165) is 16.7 Å². The molecule has 0 atom stereocenters. The first-order chi connectivity index (χ1) is 7.59. The summed E-state index contributed by atoms with van der Waals surface area (Å²) in [7, 11) is 0. The fourth-order valence-electron chi connectivity index (χ4n) is 1.67. The van der Waals surface area contributed by atoms with Gasteiger partial charge in [0.15, 0.2) is 0 Å². The summed E-state index contributed by atoms with van der Waals surface area (Å²) in [5, 5.41) is 0. The minimum absolute atomic E-state index is 0.0723. The van der Waals surface area contributed by atoms with Crippen LogP contribution in [0.15, 0.2) is 23.8 Å². The van der Waals surface area contributed by atoms with Crippen molar-refractivity contribution in [2.45, 2.75) is 20.8 Å². The monoisotopic (exact) mass is 231 g/mol. The van der Waals surface area contributed by atoms with E-state index in [-0.39, 0.29) is 5.78 Å². The fraction of sp³-hybridized carbons (Fsp3) is 0.231. The van der Waals surface area contributed by atoms with E-state index in [1.807, 2.05) is 19.9 Å². The molecule has 2 rings (SSSR count). The van der Waals surface area contributed by atoms with E-state index in [2.05, 4.69) is 18.0 Å². The fourth-order valence-corrected chi connectivity index (χ4v) is 2.24. The van der Waals surface area contributed by atoms with Crippen LogP contribution in [0.5, 0.6) is 0 Å². The van der Waals surface area contributed by atoms with Crippen LogP contribution < -0.4 is 0 Å². The molecule has 0 spiro atoms. The molecule has 0 fully saturated rings. The second-order valence-corrected chi connectivity index (χ2v) is 4.83. The lowest BCUT2D eigenvalue weighted by Crippen LogP contribution is -2.03. The summed E-state index contributed by atoms with van der Waals surface area (Å²) in [6, 6.07) is 4.02. The van der Waals surface area contributed by atoms with Gasteiger partial charge in [0.2, 0.25) is 5.78 Å². The third-order valence-corrected chi connectivity index (χ3v) is 3.51. The number of nitrogens with zero attached hydrogens (tertiary/aromatic N) is 1. The topological polar surface area (TPSA) is 30.0 Å². The number of thiazole rings is 1. The van der Waals surface area contributed by atoms with Crippen molar-refractivity contribution in [3.8, 4) is 0 Å². The van der Waals surface area contributed by atoms with Gasteiger partial charge in [-0.2, -0.15) is 0 Å². The van der Waals surface area contributed by atoms with Crippen LogP contribution >= 0.6 is 11.3 Å². The Morgan fingerprint density at radius 3 is 2.44 bits per heavy atom. The number of aromatic nitrogens is 1. The Kier molecular flexibility index (Phi) is 2.88. The van der Waals surface area contributed by atoms with Gasteiger partial charge in [-0.05, 0) is 43.5 Å². The van der Waals surface area contributed by atoms with Crippen molar-refractivity contribution < 1.29 is 4.79 Å². The molecule has 1 aromatic heterocycles. The van der Waals surface area contributed by atoms with E-state index in [4.69, 9.17) is 0 Å². The molecule has 0 radical (unpaired) electrons. The van der Waals surface area contributed by atoms with E-state index in [9.17, 15) is 4.79 Å². The highest BCUT2D eigenvalue weighted by molar-refractivity contribution is 7.11. The highest BCUT2D eigenvalue weighted by atomic mass is 32.1. The summed E-state index contributed by atoms with van der Waals surface area (Å²) in [5.74, 6) is 0.0723. The van der Waals surface area contributed by atoms with Crippen molar-refractivity contribution in [2.75, 3.05) is 0 Å². The van der Waals surface area contributed by atoms with Gasteiger partial charge in [-0.15, -0.1) is 11.3 Å². The molecule has 0 saturated heterocycles. The van der Waals surface area contributed by atoms with Gasteiger partial charge < -0.3 is 0 Å². The Morgan fingerprint density at radius 1 is 1.12 bits per heavy atom. The van der Waals surface area contributed by atoms with Gasteiger partial charge in [-0.25, -0.2) is 0 Å². The summed E-state index contributed by atoms with van der Waals surface area (Å²) in [5.41, 5.74) is 5.87. The van der Waals surface area contributed by atoms with E-state index in [1.54, 1.807) is 11.7 Å². The maximum atomic E-state index is 12.2. The average Bonchev–Trinajstić information content (AvgIpc) is 2.75. The molecule has 1 aromatic carbocycles. The van der Waals surface area contributed by atoms with Crippen LogP contribution in [0, 0.1) is 20.8 Å². The van der Waals surface area contributed by atoms with Gasteiger partial charge >= 0.3 is 0 Å². The molecule has 1 heterocycles. The minimum atomic E-state index is 0.0723. The molecule has 2 nitrogen and oxygen atoms in total. The molecule has 0 unspecified atom stereocenters. The van der Waals surface area contributed by atoms with Crippen molar-refractivity contribution in [3.63, 3.8) is 0 Å². The number of aryl methyl sites for hydroxylation is 3. The van der Waals surface area contributed by atoms with E-state index < -0.39 is 0 Å². The Bertz CT molecular complexity index is 529. The second kappa shape index (κ2) is 4.18. The van der Waals surface area contributed by atoms with Gasteiger partial charge in [0.1, 0.15) is 0 Å². The zero-order chi connectivity index (χ0) is 11.7. The maximum absolute atomic E-state index is 12.2. The predicted octanol–water partition coefficient (Wildman–Crippen LogP) is 3.30. The number of hydrogen-bond donors (Lipinski definition) is 0. The number of hydrogen-bond acceptors (Lipinski definition) is 3. The van der Waals surface area contributed by atoms with E-state index >= 15 is 0 Å². The molecule has 0 saturated carbocycles. The van der Waals surface area contributed by atoms with Crippen molar-refractivity contribution in [1.82, 2.24) is 4.98 Å². The van der Waals surface area contributed by atoms with Gasteiger partial charge in [0.05, 0.1) is 10.4 Å². The van der Waals surface area contributed by atoms with Crippen LogP contribution in [-0.2, 0) is 0 Å². The number of carbonyl (C=O) groups excluding carboxylic acids is 1. The largest absolute Gasteiger partial charge is 0.288 e. The first-order valence-corrected chi connectivity index (χ1v) is 5.98. The molecule has 0 bridgehead atoms. The summed E-state index contributed by atoms with van der Waals surface area (Å²) < 4.78 is 0. The first-order valence-electron chi connectivity index (χ1n) is 5.10. The van der Waals surface area contributed by atoms with Crippen molar-refractivity contribution in [2.24, 2.45) is 0 Å². The van der Waals surface area contributed by atoms with Crippen molar-refractivity contribution in [1.29, 1.82) is 0 Å². The number of ketones is 1. The van der Waals surface area contributed by atoms with Gasteiger partial charge in [-0.1, -0.05) is 6.07 Å². The molecule has 16 heavy (non-hydrogen) atoms. The van der Waals surface area contributed by atoms with Crippen molar-refractivity contribution >= 4 is 17.1 Å². The number of benzene rings is 1. The lowest BCUT2D eigenvalue weighted by Gasteiger charge is -2.07. The smallest absolute Gasteiger partial charge is 0.204 e. The third-order valence-electron chi connectivity index (χ3n) is 2.74. The molecule has 0 aliphatic heterocycles. The van der Waals surface area contributed by atoms with Crippen LogP contribution in [0.4, 0.5) is 0 Å². The summed E-state index contributed by atoms with van der Waals surface area (Å²) in [6.45, 7) is 6.06. The SMILES string of the molecule is Cc1cc(C)c(C(=O)c2cncs2)cc1C. The van der Waals surface area contributed by atoms with Crippen LogP contribution in [0.2, 0.25) is 0 Å². The lowest BCUT2D eigenvalue weighted by atomic mass is 9.98. The summed E-state index contributed by atoms with van der Waals surface area (Å²) >= 11 is 1.38. The van der Waals surface area contributed by atoms with Gasteiger partial charge in [0, 0.05) is 11.8 Å². The van der Waals surface area contributed by atoms with Gasteiger partial charge in [0.25, 0.3) is 0 Å². The molecular formula is C13H13NOS. The van der Waals surface area contributed by atoms with E-state index in [0.29, 0.717) is 4.88 Å². The average molecular weight is 231 g/mol. The highest BCUT2D eigenvalue weighted by Gasteiger charge is 2.14. The molecule has 2 aromatic rings. The predicted molar refractivity (Wildman–Crippen MR) is 66.2 cm³/mol. The Labute approximate surface area is 99.0 Å². The second-order valence-electron chi connectivity index (χ2n) is 3.95. The molecule has 0 aliphatic carbocycles. The Hall–Kier alpha value is -1.48. The number of rotatable bonds is 2. The maximum Gasteiger partial charge on any atom is 0.204 e. The zero-order valence-electron chi connectivity index (χ0n) is 9.57. The zero-order valence-corrected chi connectivity index (χ0v) is 10.4. The standard InChI is InChI=1S/C13H13NOS/c1-8-4-10(3)11(5-9(8)2)13(15)12-6-14-7-16-12/h4-7H,1-3H3. The Balaban J connectivity index is 2.49. The molecule has 82 valence electrons. The molecular weight excluding hydrogens is 218 g/mol. The van der Waals surface area contributed by atoms with Crippen LogP contribution in [-0.4, -0.2) is 10.8 Å². The minimum Gasteiger partial charge on any atom is -0.288 e. The molecule has 0 aliphatic rings. The van der Waals surface area contributed by atoms with Crippen LogP contribution in [0.25, 0.3) is 0 Å². The van der Waals surface area contributed by atoms with Crippen molar-refractivity contribution in [3.05, 3.63) is 51.0 Å². The summed E-state index contributed by atoms with van der Waals surface area (Å²) in [6.07, 6.45) is 1.63. The van der Waals surface area contributed by atoms with Gasteiger partial charge in [-0.3, -0.25) is 9.78 Å².